The van der Waals surface area contributed by atoms with Crippen molar-refractivity contribution in [2.45, 2.75) is 73.3 Å². The molecular weight excluding hydrogens is 485 g/mol. The number of hydrogen-bond donors (Lipinski definition) is 2. The Hall–Kier alpha value is -1.76. The molecule has 186 valence electrons. The van der Waals surface area contributed by atoms with Gasteiger partial charge in [-0.1, -0.05) is 11.8 Å². The Bertz CT molecular complexity index is 1020. The normalized spacial score (nSPS) is 21.4. The number of anilines is 2. The van der Waals surface area contributed by atoms with E-state index in [1.807, 2.05) is 20.8 Å². The molecule has 2 aromatic rings. The maximum Gasteiger partial charge on any atom is 0.434 e. The number of piperidine rings is 1. The summed E-state index contributed by atoms with van der Waals surface area (Å²) in [5, 5.41) is 0.212. The summed E-state index contributed by atoms with van der Waals surface area (Å²) < 4.78 is 55.3. The molecule has 1 aliphatic carbocycles. The first-order valence-corrected chi connectivity index (χ1v) is 13.1. The quantitative estimate of drug-likeness (QED) is 0.565. The van der Waals surface area contributed by atoms with Crippen LogP contribution in [-0.4, -0.2) is 43.4 Å². The Labute approximate surface area is 204 Å². The number of alkyl halides is 3. The molecule has 0 unspecified atom stereocenters. The molecular formula is C22H29F3N6OS2. The van der Waals surface area contributed by atoms with Gasteiger partial charge in [0.15, 0.2) is 11.5 Å². The van der Waals surface area contributed by atoms with E-state index in [-0.39, 0.29) is 31.9 Å². The van der Waals surface area contributed by atoms with Crippen LogP contribution in [0.2, 0.25) is 0 Å². The third-order valence-corrected chi connectivity index (χ3v) is 9.22. The molecule has 0 amide bonds. The molecule has 7 nitrogen and oxygen atoms in total. The molecule has 12 heteroatoms. The van der Waals surface area contributed by atoms with Gasteiger partial charge in [0.2, 0.25) is 0 Å². The van der Waals surface area contributed by atoms with Crippen LogP contribution < -0.4 is 15.4 Å². The highest BCUT2D eigenvalue weighted by Crippen LogP contribution is 2.50. The zero-order valence-electron chi connectivity index (χ0n) is 19.4. The number of hydrogen-bond acceptors (Lipinski definition) is 8. The Morgan fingerprint density at radius 2 is 1.91 bits per heavy atom. The minimum atomic E-state index is -4.57. The van der Waals surface area contributed by atoms with Crippen LogP contribution in [0, 0.1) is 5.41 Å². The average Bonchev–Trinajstić information content (AvgIpc) is 2.77. The minimum Gasteiger partial charge on any atom is -0.598 e. The van der Waals surface area contributed by atoms with Crippen molar-refractivity contribution in [2.75, 3.05) is 23.7 Å². The van der Waals surface area contributed by atoms with E-state index in [1.54, 1.807) is 6.20 Å². The predicted octanol–water partition coefficient (Wildman–Crippen LogP) is 4.42. The standard InChI is InChI=1S/C22H29F3N6OS2/c1-20(2,3)34(32)30-15-6-7-21(15)8-11-31(12-9-21)16-13-28-19(18(26)29-16)33-14-5-4-10-27-17(14)22(23,24)25/h4-5,10,13,15,30H,6-9,11-12H2,1-3H3,(H2,26,29)/t15-,34+/m0/s1. The van der Waals surface area contributed by atoms with Crippen molar-refractivity contribution in [1.82, 2.24) is 19.7 Å². The minimum absolute atomic E-state index is 0.0696. The summed E-state index contributed by atoms with van der Waals surface area (Å²) in [7, 11) is 0. The number of pyridine rings is 1. The van der Waals surface area contributed by atoms with E-state index in [9.17, 15) is 17.7 Å². The topological polar surface area (TPSA) is 103 Å². The molecule has 2 fully saturated rings. The van der Waals surface area contributed by atoms with Crippen LogP contribution in [0.15, 0.2) is 34.4 Å². The average molecular weight is 515 g/mol. The molecule has 1 aliphatic heterocycles. The predicted molar refractivity (Wildman–Crippen MR) is 128 cm³/mol. The lowest BCUT2D eigenvalue weighted by molar-refractivity contribution is -0.143. The van der Waals surface area contributed by atoms with Gasteiger partial charge in [0.25, 0.3) is 0 Å². The van der Waals surface area contributed by atoms with Crippen LogP contribution in [0.4, 0.5) is 24.8 Å². The van der Waals surface area contributed by atoms with Gasteiger partial charge in [-0.3, -0.25) is 4.98 Å². The maximum absolute atomic E-state index is 13.2. The molecule has 0 bridgehead atoms. The lowest BCUT2D eigenvalue weighted by Crippen LogP contribution is -2.61. The van der Waals surface area contributed by atoms with Crippen molar-refractivity contribution in [1.29, 1.82) is 0 Å². The van der Waals surface area contributed by atoms with E-state index in [0.29, 0.717) is 5.82 Å². The first-order chi connectivity index (χ1) is 15.9. The molecule has 3 heterocycles. The number of rotatable bonds is 5. The van der Waals surface area contributed by atoms with Crippen LogP contribution >= 0.6 is 11.8 Å². The van der Waals surface area contributed by atoms with Crippen molar-refractivity contribution in [3.63, 3.8) is 0 Å². The fraction of sp³-hybridized carbons (Fsp3) is 0.591. The van der Waals surface area contributed by atoms with Gasteiger partial charge in [-0.15, -0.1) is 4.72 Å². The van der Waals surface area contributed by atoms with E-state index >= 15 is 0 Å². The maximum atomic E-state index is 13.2. The molecule has 4 rings (SSSR count). The Morgan fingerprint density at radius 3 is 2.47 bits per heavy atom. The highest BCUT2D eigenvalue weighted by atomic mass is 32.2. The van der Waals surface area contributed by atoms with Gasteiger partial charge in [-0.05, 0) is 64.0 Å². The van der Waals surface area contributed by atoms with Gasteiger partial charge < -0.3 is 15.2 Å². The highest BCUT2D eigenvalue weighted by molar-refractivity contribution is 7.99. The molecule has 0 aromatic carbocycles. The second-order valence-corrected chi connectivity index (χ2v) is 12.8. The van der Waals surface area contributed by atoms with Crippen LogP contribution in [0.3, 0.4) is 0 Å². The molecule has 2 aromatic heterocycles. The van der Waals surface area contributed by atoms with Gasteiger partial charge in [0, 0.05) is 35.5 Å². The SMILES string of the molecule is CC(C)(C)[S@@+]([O-])N[C@H]1CCC12CCN(c1cnc(Sc3cccnc3C(F)(F)F)c(N)n1)CC2. The zero-order valence-corrected chi connectivity index (χ0v) is 21.0. The van der Waals surface area contributed by atoms with Crippen molar-refractivity contribution < 1.29 is 17.7 Å². The number of nitrogens with two attached hydrogens (primary N) is 1. The van der Waals surface area contributed by atoms with Gasteiger partial charge in [0.05, 0.1) is 12.2 Å². The number of nitrogen functional groups attached to an aromatic ring is 1. The summed E-state index contributed by atoms with van der Waals surface area (Å²) >= 11 is -0.292. The van der Waals surface area contributed by atoms with Gasteiger partial charge in [0.1, 0.15) is 15.6 Å². The molecule has 3 N–H and O–H groups in total. The summed E-state index contributed by atoms with van der Waals surface area (Å²) in [6, 6.07) is 3.03. The first kappa shape index (κ1) is 25.3. The van der Waals surface area contributed by atoms with E-state index in [0.717, 1.165) is 56.7 Å². The fourth-order valence-corrected chi connectivity index (χ4v) is 6.23. The summed E-state index contributed by atoms with van der Waals surface area (Å²) in [6.45, 7) is 7.43. The highest BCUT2D eigenvalue weighted by Gasteiger charge is 2.51. The molecule has 1 saturated heterocycles. The van der Waals surface area contributed by atoms with Gasteiger partial charge in [-0.25, -0.2) is 9.97 Å². The Morgan fingerprint density at radius 1 is 1.21 bits per heavy atom. The van der Waals surface area contributed by atoms with Crippen LogP contribution in [0.25, 0.3) is 0 Å². The zero-order chi connectivity index (χ0) is 24.7. The second-order valence-electron chi connectivity index (χ2n) is 9.81. The Balaban J connectivity index is 1.41. The van der Waals surface area contributed by atoms with Crippen LogP contribution in [0.5, 0.6) is 0 Å². The molecule has 34 heavy (non-hydrogen) atoms. The lowest BCUT2D eigenvalue weighted by Gasteiger charge is -2.54. The molecule has 2 atom stereocenters. The molecule has 2 aliphatic rings. The van der Waals surface area contributed by atoms with Gasteiger partial charge >= 0.3 is 6.18 Å². The number of nitrogens with zero attached hydrogens (tertiary/aromatic N) is 4. The van der Waals surface area contributed by atoms with E-state index in [2.05, 4.69) is 24.6 Å². The van der Waals surface area contributed by atoms with Crippen LogP contribution in [-0.2, 0) is 17.5 Å². The first-order valence-electron chi connectivity index (χ1n) is 11.1. The smallest absolute Gasteiger partial charge is 0.434 e. The van der Waals surface area contributed by atoms with E-state index < -0.39 is 23.2 Å². The fourth-order valence-electron chi connectivity index (χ4n) is 4.37. The van der Waals surface area contributed by atoms with Crippen LogP contribution in [0.1, 0.15) is 52.1 Å². The third-order valence-electron chi connectivity index (χ3n) is 6.56. The molecule has 0 radical (unpaired) electrons. The summed E-state index contributed by atoms with van der Waals surface area (Å²) in [6.07, 6.45) is 2.11. The lowest BCUT2D eigenvalue weighted by atomic mass is 9.60. The van der Waals surface area contributed by atoms with Crippen molar-refractivity contribution in [2.24, 2.45) is 5.41 Å². The van der Waals surface area contributed by atoms with Crippen molar-refractivity contribution in [3.05, 3.63) is 30.2 Å². The van der Waals surface area contributed by atoms with E-state index in [1.165, 1.54) is 12.1 Å². The number of nitrogens with one attached hydrogen (secondary N) is 1. The summed E-state index contributed by atoms with van der Waals surface area (Å²) in [5.41, 5.74) is 5.25. The summed E-state index contributed by atoms with van der Waals surface area (Å²) in [5.74, 6) is 0.699. The third kappa shape index (κ3) is 5.24. The monoisotopic (exact) mass is 514 g/mol. The van der Waals surface area contributed by atoms with Crippen molar-refractivity contribution >= 4 is 34.8 Å². The largest absolute Gasteiger partial charge is 0.598 e. The Kier molecular flexibility index (Phi) is 6.98. The summed E-state index contributed by atoms with van der Waals surface area (Å²) in [4.78, 5) is 14.2. The van der Waals surface area contributed by atoms with E-state index in [4.69, 9.17) is 5.73 Å². The second kappa shape index (κ2) is 9.36. The molecule has 1 saturated carbocycles. The number of aromatic nitrogens is 3. The van der Waals surface area contributed by atoms with Gasteiger partial charge in [-0.2, -0.15) is 13.2 Å². The van der Waals surface area contributed by atoms with Crippen molar-refractivity contribution in [3.8, 4) is 0 Å². The molecule has 1 spiro atoms. The number of halogens is 3.